The smallest absolute Gasteiger partial charge is 0.260 e. The number of ether oxygens (including phenoxy) is 2. The summed E-state index contributed by atoms with van der Waals surface area (Å²) >= 11 is 3.65. The van der Waals surface area contributed by atoms with Crippen molar-refractivity contribution in [2.75, 3.05) is 26.8 Å². The molecule has 0 bridgehead atoms. The van der Waals surface area contributed by atoms with Crippen molar-refractivity contribution in [3.05, 3.63) is 67.3 Å². The molecule has 0 N–H and O–H groups in total. The van der Waals surface area contributed by atoms with Gasteiger partial charge in [0.15, 0.2) is 18.5 Å². The number of hydrogen-bond donors (Lipinski definition) is 0. The number of likely N-dealkylation sites (tertiary alicyclic amines) is 1. The normalized spacial score (nSPS) is 17.9. The van der Waals surface area contributed by atoms with Crippen molar-refractivity contribution in [3.63, 3.8) is 0 Å². The third-order valence-corrected chi connectivity index (χ3v) is 7.93. The Bertz CT molecular complexity index is 1310. The first-order chi connectivity index (χ1) is 17.9. The molecule has 12 heteroatoms. The van der Waals surface area contributed by atoms with Crippen LogP contribution in [0.25, 0.3) is 0 Å². The first-order valence-corrected chi connectivity index (χ1v) is 13.6. The van der Waals surface area contributed by atoms with Gasteiger partial charge in [-0.05, 0) is 47.6 Å². The minimum Gasteiger partial charge on any atom is -0.478 e. The number of amides is 1. The maximum absolute atomic E-state index is 14.1. The van der Waals surface area contributed by atoms with E-state index in [4.69, 9.17) is 19.3 Å². The van der Waals surface area contributed by atoms with Gasteiger partial charge in [0.05, 0.1) is 23.4 Å². The molecule has 2 aromatic heterocycles. The summed E-state index contributed by atoms with van der Waals surface area (Å²) in [5.74, 6) is -0.404. The highest BCUT2D eigenvalue weighted by atomic mass is 127. The molecule has 4 heterocycles. The fraction of sp³-hybridized carbons (Fsp3) is 0.360. The maximum Gasteiger partial charge on any atom is 0.260 e. The lowest BCUT2D eigenvalue weighted by atomic mass is 9.97. The monoisotopic (exact) mass is 640 g/mol. The van der Waals surface area contributed by atoms with Crippen LogP contribution < -0.4 is 9.47 Å². The molecule has 194 valence electrons. The lowest BCUT2D eigenvalue weighted by molar-refractivity contribution is -0.134. The van der Waals surface area contributed by atoms with Gasteiger partial charge in [0.25, 0.3) is 11.8 Å². The Hall–Kier alpha value is -2.87. The second-order valence-electron chi connectivity index (χ2n) is 8.65. The third-order valence-electron chi connectivity index (χ3n) is 6.33. The molecule has 3 aromatic rings. The molecule has 2 aliphatic rings. The van der Waals surface area contributed by atoms with Crippen LogP contribution in [0.5, 0.6) is 11.6 Å². The highest BCUT2D eigenvalue weighted by molar-refractivity contribution is 14.1. The Labute approximate surface area is 229 Å². The molecule has 0 radical (unpaired) electrons. The molecule has 0 spiro atoms. The number of aromatic nitrogens is 2. The fourth-order valence-corrected chi connectivity index (χ4v) is 5.80. The van der Waals surface area contributed by atoms with Gasteiger partial charge in [0, 0.05) is 46.6 Å². The maximum atomic E-state index is 14.1. The Morgan fingerprint density at radius 1 is 1.27 bits per heavy atom. The van der Waals surface area contributed by atoms with Crippen molar-refractivity contribution < 1.29 is 27.9 Å². The number of carbonyl (C=O) groups is 1. The van der Waals surface area contributed by atoms with Gasteiger partial charge in [-0.1, -0.05) is 11.2 Å². The number of hydrogen-bond acceptors (Lipinski definition) is 8. The standard InChI is InChI=1S/C25H23F2IN4O4S/c1-34-24-21(9-15(28)11-29-24)35-12-22(33)32-7-5-14(6-8-32)25-30-19(13-37-25)18-10-20(36-31-18)23-16(26)3-2-4-17(23)27/h2-4,9,11,13-14,20H,5-8,10,12H2,1H3. The van der Waals surface area contributed by atoms with Crippen molar-refractivity contribution in [3.8, 4) is 11.6 Å². The van der Waals surface area contributed by atoms with Crippen molar-refractivity contribution in [1.29, 1.82) is 0 Å². The van der Waals surface area contributed by atoms with Gasteiger partial charge in [0.2, 0.25) is 0 Å². The number of methoxy groups -OCH3 is 1. The molecule has 1 atom stereocenters. The summed E-state index contributed by atoms with van der Waals surface area (Å²) in [5.41, 5.74) is 1.11. The molecule has 1 saturated heterocycles. The van der Waals surface area contributed by atoms with Crippen LogP contribution in [0.1, 0.15) is 47.5 Å². The quantitative estimate of drug-likeness (QED) is 0.335. The number of benzene rings is 1. The zero-order valence-electron chi connectivity index (χ0n) is 19.8. The molecule has 37 heavy (non-hydrogen) atoms. The molecular formula is C25H23F2IN4O4S. The van der Waals surface area contributed by atoms with Crippen molar-refractivity contribution >= 4 is 45.5 Å². The molecular weight excluding hydrogens is 617 g/mol. The van der Waals surface area contributed by atoms with Crippen LogP contribution in [0.2, 0.25) is 0 Å². The van der Waals surface area contributed by atoms with E-state index in [0.717, 1.165) is 21.4 Å². The topological polar surface area (TPSA) is 86.1 Å². The van der Waals surface area contributed by atoms with Crippen molar-refractivity contribution in [2.45, 2.75) is 31.3 Å². The summed E-state index contributed by atoms with van der Waals surface area (Å²) in [6.07, 6.45) is 2.65. The summed E-state index contributed by atoms with van der Waals surface area (Å²) in [5, 5.41) is 6.90. The van der Waals surface area contributed by atoms with Gasteiger partial charge in [0.1, 0.15) is 17.3 Å². The summed E-state index contributed by atoms with van der Waals surface area (Å²) in [7, 11) is 1.51. The Morgan fingerprint density at radius 2 is 2.03 bits per heavy atom. The van der Waals surface area contributed by atoms with Crippen molar-refractivity contribution in [2.24, 2.45) is 5.16 Å². The van der Waals surface area contributed by atoms with Crippen LogP contribution >= 0.6 is 33.9 Å². The number of pyridine rings is 1. The van der Waals surface area contributed by atoms with E-state index in [9.17, 15) is 13.6 Å². The molecule has 8 nitrogen and oxygen atoms in total. The Balaban J connectivity index is 1.14. The van der Waals surface area contributed by atoms with Gasteiger partial charge in [-0.25, -0.2) is 18.7 Å². The number of carbonyl (C=O) groups excluding carboxylic acids is 1. The summed E-state index contributed by atoms with van der Waals surface area (Å²) in [6, 6.07) is 5.52. The third kappa shape index (κ3) is 5.69. The van der Waals surface area contributed by atoms with Crippen LogP contribution in [0.15, 0.2) is 41.0 Å². The average molecular weight is 640 g/mol. The predicted molar refractivity (Wildman–Crippen MR) is 141 cm³/mol. The molecule has 5 rings (SSSR count). The van der Waals surface area contributed by atoms with Gasteiger partial charge in [-0.15, -0.1) is 11.3 Å². The average Bonchev–Trinajstić information content (AvgIpc) is 3.58. The van der Waals surface area contributed by atoms with Crippen LogP contribution in [-0.2, 0) is 9.63 Å². The number of oxime groups is 1. The summed E-state index contributed by atoms with van der Waals surface area (Å²) in [6.45, 7) is 1.11. The van der Waals surface area contributed by atoms with Crippen LogP contribution in [0.4, 0.5) is 8.78 Å². The van der Waals surface area contributed by atoms with E-state index in [1.54, 1.807) is 17.2 Å². The van der Waals surface area contributed by atoms with E-state index >= 15 is 0 Å². The van der Waals surface area contributed by atoms with E-state index in [0.29, 0.717) is 36.1 Å². The second kappa shape index (κ2) is 11.3. The number of halogens is 3. The van der Waals surface area contributed by atoms with E-state index in [1.807, 2.05) is 5.38 Å². The highest BCUT2D eigenvalue weighted by Crippen LogP contribution is 2.35. The number of nitrogens with zero attached hydrogens (tertiary/aromatic N) is 4. The Kier molecular flexibility index (Phi) is 7.84. The lowest BCUT2D eigenvalue weighted by Gasteiger charge is -2.31. The lowest BCUT2D eigenvalue weighted by Crippen LogP contribution is -2.40. The van der Waals surface area contributed by atoms with E-state index in [1.165, 1.54) is 36.6 Å². The van der Waals surface area contributed by atoms with E-state index < -0.39 is 17.7 Å². The number of thiazole rings is 1. The van der Waals surface area contributed by atoms with Gasteiger partial charge in [-0.3, -0.25) is 4.79 Å². The fourth-order valence-electron chi connectivity index (χ4n) is 4.38. The largest absolute Gasteiger partial charge is 0.478 e. The van der Waals surface area contributed by atoms with Gasteiger partial charge < -0.3 is 19.2 Å². The predicted octanol–water partition coefficient (Wildman–Crippen LogP) is 5.08. The van der Waals surface area contributed by atoms with Crippen LogP contribution in [0, 0.1) is 15.2 Å². The molecule has 0 aliphatic carbocycles. The molecule has 1 fully saturated rings. The van der Waals surface area contributed by atoms with Crippen LogP contribution in [-0.4, -0.2) is 53.3 Å². The SMILES string of the molecule is COc1ncc(I)cc1OCC(=O)N1CCC(c2nc(C3=NOC(c4c(F)cccc4F)C3)cs2)CC1. The first-order valence-electron chi connectivity index (χ1n) is 11.7. The first kappa shape index (κ1) is 25.8. The second-order valence-corrected chi connectivity index (χ2v) is 10.8. The Morgan fingerprint density at radius 3 is 2.76 bits per heavy atom. The summed E-state index contributed by atoms with van der Waals surface area (Å²) < 4.78 is 40.0. The van der Waals surface area contributed by atoms with E-state index in [2.05, 4.69) is 32.7 Å². The molecule has 0 saturated carbocycles. The molecule has 1 unspecified atom stereocenters. The van der Waals surface area contributed by atoms with Crippen LogP contribution in [0.3, 0.4) is 0 Å². The number of rotatable bonds is 7. The summed E-state index contributed by atoms with van der Waals surface area (Å²) in [4.78, 5) is 28.7. The minimum absolute atomic E-state index is 0.0895. The molecule has 2 aliphatic heterocycles. The van der Waals surface area contributed by atoms with Crippen molar-refractivity contribution in [1.82, 2.24) is 14.9 Å². The van der Waals surface area contributed by atoms with Gasteiger partial charge >= 0.3 is 0 Å². The highest BCUT2D eigenvalue weighted by Gasteiger charge is 2.31. The zero-order valence-corrected chi connectivity index (χ0v) is 22.8. The van der Waals surface area contributed by atoms with E-state index in [-0.39, 0.29) is 30.4 Å². The van der Waals surface area contributed by atoms with Gasteiger partial charge in [-0.2, -0.15) is 0 Å². The minimum atomic E-state index is -0.812. The molecule has 1 aromatic carbocycles. The zero-order chi connectivity index (χ0) is 25.9. The molecule has 1 amide bonds. The number of piperidine rings is 1.